The number of benzene rings is 4. The fourth-order valence-electron chi connectivity index (χ4n) is 5.43. The van der Waals surface area contributed by atoms with Gasteiger partial charge in [0, 0.05) is 26.2 Å². The van der Waals surface area contributed by atoms with Crippen molar-refractivity contribution in [3.63, 3.8) is 0 Å². The van der Waals surface area contributed by atoms with E-state index in [1.807, 2.05) is 128 Å². The average molecular weight is 637 g/mol. The van der Waals surface area contributed by atoms with Crippen LogP contribution in [0.5, 0.6) is 0 Å². The Morgan fingerprint density at radius 1 is 0.553 bits per heavy atom. The van der Waals surface area contributed by atoms with Crippen molar-refractivity contribution >= 4 is 11.7 Å². The lowest BCUT2D eigenvalue weighted by Crippen LogP contribution is -2.57. The van der Waals surface area contributed by atoms with Gasteiger partial charge in [-0.3, -0.25) is 9.59 Å². The second-order valence-corrected chi connectivity index (χ2v) is 11.8. The molecule has 246 valence electrons. The van der Waals surface area contributed by atoms with Gasteiger partial charge in [0.15, 0.2) is 11.9 Å². The maximum absolute atomic E-state index is 14.4. The molecule has 4 aromatic carbocycles. The number of hydrogen-bond donors (Lipinski definition) is 0. The van der Waals surface area contributed by atoms with Crippen LogP contribution >= 0.6 is 0 Å². The summed E-state index contributed by atoms with van der Waals surface area (Å²) in [4.78, 5) is 32.5. The zero-order chi connectivity index (χ0) is 32.7. The molecule has 3 atom stereocenters. The van der Waals surface area contributed by atoms with Crippen molar-refractivity contribution in [1.82, 2.24) is 9.80 Å². The summed E-state index contributed by atoms with van der Waals surface area (Å²) in [6.45, 7) is 3.12. The molecule has 5 rings (SSSR count). The monoisotopic (exact) mass is 636 g/mol. The van der Waals surface area contributed by atoms with Crippen LogP contribution in [0.25, 0.3) is 0 Å². The minimum Gasteiger partial charge on any atom is -0.369 e. The summed E-state index contributed by atoms with van der Waals surface area (Å²) in [5.41, 5.74) is 3.66. The first-order valence-corrected chi connectivity index (χ1v) is 16.1. The van der Waals surface area contributed by atoms with Crippen LogP contribution < -0.4 is 0 Å². The third-order valence-electron chi connectivity index (χ3n) is 8.16. The molecule has 47 heavy (non-hydrogen) atoms. The highest BCUT2D eigenvalue weighted by Gasteiger charge is 2.43. The highest BCUT2D eigenvalue weighted by molar-refractivity contribution is 5.88. The summed E-state index contributed by atoms with van der Waals surface area (Å²) in [7, 11) is 2.04. The van der Waals surface area contributed by atoms with Gasteiger partial charge in [-0.1, -0.05) is 121 Å². The Hall–Kier alpha value is -4.18. The van der Waals surface area contributed by atoms with Crippen molar-refractivity contribution in [2.75, 3.05) is 39.8 Å². The minimum atomic E-state index is -1.15. The average Bonchev–Trinajstić information content (AvgIpc) is 3.12. The summed E-state index contributed by atoms with van der Waals surface area (Å²) in [6.07, 6.45) is -3.31. The summed E-state index contributed by atoms with van der Waals surface area (Å²) in [5, 5.41) is 0. The Labute approximate surface area is 277 Å². The molecule has 0 bridgehead atoms. The SMILES string of the molecule is CN1CCN(C(=O)C(OCc2ccccc2)C(OCc2ccccc2)C(OCc2ccccc2)C(=O)COCc2ccccc2)CC1. The maximum Gasteiger partial charge on any atom is 0.254 e. The van der Waals surface area contributed by atoms with Crippen molar-refractivity contribution in [2.24, 2.45) is 0 Å². The zero-order valence-corrected chi connectivity index (χ0v) is 27.0. The normalized spacial score (nSPS) is 15.6. The Balaban J connectivity index is 1.45. The lowest BCUT2D eigenvalue weighted by molar-refractivity contribution is -0.182. The number of ether oxygens (including phenoxy) is 4. The fourth-order valence-corrected chi connectivity index (χ4v) is 5.43. The number of carbonyl (C=O) groups excluding carboxylic acids is 2. The smallest absolute Gasteiger partial charge is 0.254 e. The van der Waals surface area contributed by atoms with Crippen LogP contribution in [0.15, 0.2) is 121 Å². The number of hydrogen-bond acceptors (Lipinski definition) is 7. The van der Waals surface area contributed by atoms with E-state index in [2.05, 4.69) is 4.90 Å². The first-order chi connectivity index (χ1) is 23.1. The molecule has 1 amide bonds. The minimum absolute atomic E-state index is 0.148. The molecule has 8 heteroatoms. The Kier molecular flexibility index (Phi) is 13.3. The summed E-state index contributed by atoms with van der Waals surface area (Å²) >= 11 is 0. The van der Waals surface area contributed by atoms with Gasteiger partial charge in [0.05, 0.1) is 26.4 Å². The number of likely N-dealkylation sites (N-methyl/N-ethyl adjacent to an activating group) is 1. The molecule has 0 spiro atoms. The number of amides is 1. The second-order valence-electron chi connectivity index (χ2n) is 11.8. The fraction of sp³-hybridized carbons (Fsp3) is 0.333. The van der Waals surface area contributed by atoms with Gasteiger partial charge in [-0.25, -0.2) is 0 Å². The van der Waals surface area contributed by atoms with E-state index in [1.54, 1.807) is 4.90 Å². The van der Waals surface area contributed by atoms with E-state index >= 15 is 0 Å². The Morgan fingerprint density at radius 3 is 1.43 bits per heavy atom. The van der Waals surface area contributed by atoms with Gasteiger partial charge in [-0.2, -0.15) is 0 Å². The molecule has 1 aliphatic heterocycles. The number of carbonyl (C=O) groups is 2. The third-order valence-corrected chi connectivity index (χ3v) is 8.16. The molecule has 0 radical (unpaired) electrons. The number of rotatable bonds is 17. The van der Waals surface area contributed by atoms with Crippen LogP contribution in [0.3, 0.4) is 0 Å². The number of Topliss-reactive ketones (excluding diaryl/α,β-unsaturated/α-hetero) is 1. The number of nitrogens with zero attached hydrogens (tertiary/aromatic N) is 2. The highest BCUT2D eigenvalue weighted by Crippen LogP contribution is 2.22. The predicted octanol–water partition coefficient (Wildman–Crippen LogP) is 5.30. The van der Waals surface area contributed by atoms with Crippen LogP contribution in [0, 0.1) is 0 Å². The predicted molar refractivity (Wildman–Crippen MR) is 180 cm³/mol. The van der Waals surface area contributed by atoms with Gasteiger partial charge >= 0.3 is 0 Å². The lowest BCUT2D eigenvalue weighted by atomic mass is 10.0. The van der Waals surface area contributed by atoms with Gasteiger partial charge < -0.3 is 28.7 Å². The molecule has 8 nitrogen and oxygen atoms in total. The number of ketones is 1. The molecule has 1 saturated heterocycles. The topological polar surface area (TPSA) is 77.5 Å². The second kappa shape index (κ2) is 18.2. The van der Waals surface area contributed by atoms with E-state index in [-0.39, 0.29) is 44.7 Å². The van der Waals surface area contributed by atoms with Crippen LogP contribution in [0.1, 0.15) is 22.3 Å². The van der Waals surface area contributed by atoms with Gasteiger partial charge in [0.1, 0.15) is 18.8 Å². The van der Waals surface area contributed by atoms with Gasteiger partial charge in [-0.15, -0.1) is 0 Å². The molecule has 4 aromatic rings. The maximum atomic E-state index is 14.4. The van der Waals surface area contributed by atoms with Crippen LogP contribution in [-0.4, -0.2) is 79.6 Å². The van der Waals surface area contributed by atoms with Crippen molar-refractivity contribution in [3.8, 4) is 0 Å². The third kappa shape index (κ3) is 10.7. The van der Waals surface area contributed by atoms with E-state index in [1.165, 1.54) is 0 Å². The summed E-state index contributed by atoms with van der Waals surface area (Å²) in [5.74, 6) is -0.548. The van der Waals surface area contributed by atoms with Crippen LogP contribution in [-0.2, 0) is 55.0 Å². The van der Waals surface area contributed by atoms with Crippen LogP contribution in [0.4, 0.5) is 0 Å². The molecule has 1 fully saturated rings. The molecular formula is C39H44N2O6. The van der Waals surface area contributed by atoms with Crippen molar-refractivity contribution in [1.29, 1.82) is 0 Å². The zero-order valence-electron chi connectivity index (χ0n) is 27.0. The van der Waals surface area contributed by atoms with E-state index in [0.717, 1.165) is 35.3 Å². The van der Waals surface area contributed by atoms with Gasteiger partial charge in [-0.05, 0) is 29.3 Å². The van der Waals surface area contributed by atoms with Crippen molar-refractivity contribution < 1.29 is 28.5 Å². The standard InChI is InChI=1S/C39H44N2O6/c1-40-22-24-41(25-23-40)39(43)38(47-29-34-20-12-5-13-21-34)37(46-28-33-18-10-4-11-19-33)36(45-27-32-16-8-3-9-17-32)35(42)30-44-26-31-14-6-2-7-15-31/h2-21,36-38H,22-30H2,1H3. The molecule has 3 unspecified atom stereocenters. The van der Waals surface area contributed by atoms with Crippen molar-refractivity contribution in [3.05, 3.63) is 144 Å². The van der Waals surface area contributed by atoms with Gasteiger partial charge in [0.2, 0.25) is 0 Å². The number of piperazine rings is 1. The Bertz CT molecular complexity index is 1480. The molecule has 0 aliphatic carbocycles. The molecule has 1 aliphatic rings. The lowest BCUT2D eigenvalue weighted by Gasteiger charge is -2.38. The quantitative estimate of drug-likeness (QED) is 0.156. The molecule has 0 aromatic heterocycles. The first-order valence-electron chi connectivity index (χ1n) is 16.1. The van der Waals surface area contributed by atoms with E-state index in [9.17, 15) is 9.59 Å². The molecule has 1 heterocycles. The largest absolute Gasteiger partial charge is 0.369 e. The van der Waals surface area contributed by atoms with Crippen molar-refractivity contribution in [2.45, 2.75) is 44.7 Å². The summed E-state index contributed by atoms with van der Waals surface area (Å²) in [6, 6.07) is 38.7. The van der Waals surface area contributed by atoms with E-state index < -0.39 is 18.3 Å². The first kappa shape index (κ1) is 34.2. The Morgan fingerprint density at radius 2 is 0.957 bits per heavy atom. The molecule has 0 saturated carbocycles. The van der Waals surface area contributed by atoms with E-state index in [0.29, 0.717) is 13.1 Å². The van der Waals surface area contributed by atoms with Gasteiger partial charge in [0.25, 0.3) is 5.91 Å². The molecular weight excluding hydrogens is 592 g/mol. The highest BCUT2D eigenvalue weighted by atomic mass is 16.6. The summed E-state index contributed by atoms with van der Waals surface area (Å²) < 4.78 is 25.4. The van der Waals surface area contributed by atoms with E-state index in [4.69, 9.17) is 18.9 Å². The van der Waals surface area contributed by atoms with Crippen LogP contribution in [0.2, 0.25) is 0 Å². The molecule has 0 N–H and O–H groups in total.